The van der Waals surface area contributed by atoms with Gasteiger partial charge in [0.25, 0.3) is 0 Å². The first-order valence-electron chi connectivity index (χ1n) is 14.2. The van der Waals surface area contributed by atoms with Crippen LogP contribution in [0, 0.1) is 27.2 Å². The van der Waals surface area contributed by atoms with Crippen LogP contribution in [0.4, 0.5) is 0 Å². The van der Waals surface area contributed by atoms with E-state index in [-0.39, 0.29) is 21.7 Å². The molecular formula is C30H67N3Ti. The minimum absolute atomic E-state index is 0. The van der Waals surface area contributed by atoms with E-state index in [9.17, 15) is 0 Å². The van der Waals surface area contributed by atoms with Crippen molar-refractivity contribution in [2.45, 2.75) is 113 Å². The second-order valence-electron chi connectivity index (χ2n) is 8.50. The summed E-state index contributed by atoms with van der Waals surface area (Å²) in [6.45, 7) is 38.9. The molecule has 3 nitrogen and oxygen atoms in total. The minimum Gasteiger partial charge on any atom is -0.335 e. The second kappa shape index (κ2) is 43.7. The van der Waals surface area contributed by atoms with Crippen molar-refractivity contribution < 1.29 is 21.7 Å². The van der Waals surface area contributed by atoms with E-state index >= 15 is 0 Å². The predicted molar refractivity (Wildman–Crippen MR) is 157 cm³/mol. The van der Waals surface area contributed by atoms with Crippen molar-refractivity contribution in [1.29, 1.82) is 0 Å². The summed E-state index contributed by atoms with van der Waals surface area (Å²) in [5.74, 6) is 0. The standard InChI is InChI=1S/3C9H20N.C3H7.Ti/c3*1-4-7-8-9-10(5-2)6-3;1-3-2;/h3*2,4-9H2,1,3H3;3H,1-2H3;/q4*-1;+4. The Hall–Kier alpha value is 0.594. The van der Waals surface area contributed by atoms with Crippen molar-refractivity contribution in [3.8, 4) is 0 Å². The fourth-order valence-electron chi connectivity index (χ4n) is 3.04. The Balaban J connectivity index is -0.000000115. The SMILES string of the molecule is C[CH-]C.[CH2-]CN(CC)CCCCC.[CH2-]CN(CC)CCCCC.[CH2-]CN(CC)CCCCC.[Ti+4]. The molecule has 0 aromatic rings. The third-order valence-electron chi connectivity index (χ3n) is 5.52. The molecule has 34 heavy (non-hydrogen) atoms. The van der Waals surface area contributed by atoms with Crippen LogP contribution in [0.2, 0.25) is 0 Å². The van der Waals surface area contributed by atoms with Crippen molar-refractivity contribution in [3.05, 3.63) is 27.2 Å². The van der Waals surface area contributed by atoms with Gasteiger partial charge < -0.3 is 41.9 Å². The largest absolute Gasteiger partial charge is 4.00 e. The first-order valence-corrected chi connectivity index (χ1v) is 14.2. The van der Waals surface area contributed by atoms with E-state index in [0.717, 1.165) is 39.3 Å². The number of unbranched alkanes of at least 4 members (excludes halogenated alkanes) is 6. The second-order valence-corrected chi connectivity index (χ2v) is 8.50. The normalized spacial score (nSPS) is 10.1. The number of hydrogen-bond donors (Lipinski definition) is 0. The molecule has 206 valence electrons. The van der Waals surface area contributed by atoms with Crippen molar-refractivity contribution in [3.63, 3.8) is 0 Å². The first-order chi connectivity index (χ1) is 16.0. The molecule has 0 bridgehead atoms. The van der Waals surface area contributed by atoms with Crippen LogP contribution < -0.4 is 0 Å². The molecule has 0 radical (unpaired) electrons. The van der Waals surface area contributed by atoms with Crippen LogP contribution in [0.3, 0.4) is 0 Å². The molecule has 0 rings (SSSR count). The van der Waals surface area contributed by atoms with Gasteiger partial charge in [-0.25, -0.2) is 0 Å². The van der Waals surface area contributed by atoms with Gasteiger partial charge in [-0.15, -0.1) is 19.6 Å². The fraction of sp³-hybridized carbons (Fsp3) is 0.867. The Morgan fingerprint density at radius 1 is 0.471 bits per heavy atom. The monoisotopic (exact) mass is 517 g/mol. The van der Waals surface area contributed by atoms with Gasteiger partial charge in [-0.2, -0.15) is 13.8 Å². The van der Waals surface area contributed by atoms with Crippen LogP contribution in [0.25, 0.3) is 0 Å². The summed E-state index contributed by atoms with van der Waals surface area (Å²) in [4.78, 5) is 7.11. The molecule has 0 aromatic carbocycles. The first kappa shape index (κ1) is 44.6. The van der Waals surface area contributed by atoms with Crippen LogP contribution in [0.15, 0.2) is 0 Å². The van der Waals surface area contributed by atoms with Crippen molar-refractivity contribution in [2.75, 3.05) is 58.9 Å². The quantitative estimate of drug-likeness (QED) is 0.103. The molecule has 0 fully saturated rings. The zero-order valence-corrected chi connectivity index (χ0v) is 26.8. The maximum Gasteiger partial charge on any atom is 4.00 e. The van der Waals surface area contributed by atoms with Crippen LogP contribution in [0.5, 0.6) is 0 Å². The van der Waals surface area contributed by atoms with E-state index in [1.54, 1.807) is 0 Å². The van der Waals surface area contributed by atoms with Crippen LogP contribution in [-0.4, -0.2) is 73.6 Å². The fourth-order valence-corrected chi connectivity index (χ4v) is 3.04. The van der Waals surface area contributed by atoms with Crippen molar-refractivity contribution >= 4 is 0 Å². The summed E-state index contributed by atoms with van der Waals surface area (Å²) in [7, 11) is 0. The van der Waals surface area contributed by atoms with Crippen LogP contribution in [-0.2, 0) is 21.7 Å². The third-order valence-corrected chi connectivity index (χ3v) is 5.52. The molecule has 0 aliphatic rings. The van der Waals surface area contributed by atoms with Crippen LogP contribution >= 0.6 is 0 Å². The van der Waals surface area contributed by atoms with Gasteiger partial charge in [0.15, 0.2) is 0 Å². The molecule has 0 atom stereocenters. The molecule has 0 amide bonds. The number of rotatable bonds is 18. The number of hydrogen-bond acceptors (Lipinski definition) is 3. The molecule has 0 aromatic heterocycles. The van der Waals surface area contributed by atoms with E-state index < -0.39 is 0 Å². The van der Waals surface area contributed by atoms with E-state index in [1.165, 1.54) is 77.4 Å². The number of nitrogens with zero attached hydrogens (tertiary/aromatic N) is 3. The maximum atomic E-state index is 3.86. The van der Waals surface area contributed by atoms with Gasteiger partial charge in [-0.3, -0.25) is 0 Å². The zero-order chi connectivity index (χ0) is 26.2. The van der Waals surface area contributed by atoms with Gasteiger partial charge in [0, 0.05) is 0 Å². The Kier molecular flexibility index (Phi) is 57.2. The van der Waals surface area contributed by atoms with E-state index in [2.05, 4.69) is 77.0 Å². The molecular weight excluding hydrogens is 450 g/mol. The molecule has 0 saturated carbocycles. The summed E-state index contributed by atoms with van der Waals surface area (Å²) in [5.41, 5.74) is 0. The van der Waals surface area contributed by atoms with E-state index in [0.29, 0.717) is 0 Å². The summed E-state index contributed by atoms with van der Waals surface area (Å²) < 4.78 is 0. The van der Waals surface area contributed by atoms with E-state index in [1.807, 2.05) is 20.3 Å². The van der Waals surface area contributed by atoms with Gasteiger partial charge in [0.2, 0.25) is 0 Å². The van der Waals surface area contributed by atoms with Gasteiger partial charge in [-0.1, -0.05) is 80.1 Å². The minimum atomic E-state index is 0. The summed E-state index contributed by atoms with van der Waals surface area (Å²) in [5, 5.41) is 0. The Morgan fingerprint density at radius 3 is 0.794 bits per heavy atom. The van der Waals surface area contributed by atoms with Gasteiger partial charge in [-0.05, 0) is 58.5 Å². The Labute approximate surface area is 235 Å². The average Bonchev–Trinajstić information content (AvgIpc) is 2.84. The van der Waals surface area contributed by atoms with Crippen molar-refractivity contribution in [1.82, 2.24) is 14.7 Å². The Bertz CT molecular complexity index is 235. The molecule has 0 N–H and O–H groups in total. The molecule has 0 aliphatic heterocycles. The molecule has 0 spiro atoms. The maximum absolute atomic E-state index is 3.86. The van der Waals surface area contributed by atoms with Crippen molar-refractivity contribution in [2.24, 2.45) is 0 Å². The molecule has 0 heterocycles. The van der Waals surface area contributed by atoms with Gasteiger partial charge >= 0.3 is 21.7 Å². The van der Waals surface area contributed by atoms with E-state index in [4.69, 9.17) is 0 Å². The third kappa shape index (κ3) is 42.7. The summed E-state index contributed by atoms with van der Waals surface area (Å²) in [6, 6.07) is 0. The summed E-state index contributed by atoms with van der Waals surface area (Å²) in [6.07, 6.45) is 14.0. The average molecular weight is 518 g/mol. The smallest absolute Gasteiger partial charge is 0.335 e. The molecule has 0 aliphatic carbocycles. The topological polar surface area (TPSA) is 9.72 Å². The zero-order valence-electron chi connectivity index (χ0n) is 25.3. The molecule has 0 unspecified atom stereocenters. The summed E-state index contributed by atoms with van der Waals surface area (Å²) >= 11 is 0. The molecule has 0 saturated heterocycles. The molecule has 4 heteroatoms. The van der Waals surface area contributed by atoms with Gasteiger partial charge in [0.05, 0.1) is 0 Å². The van der Waals surface area contributed by atoms with Gasteiger partial charge in [0.1, 0.15) is 0 Å². The predicted octanol–water partition coefficient (Wildman–Crippen LogP) is 8.23. The Morgan fingerprint density at radius 2 is 0.676 bits per heavy atom. The van der Waals surface area contributed by atoms with Crippen LogP contribution in [0.1, 0.15) is 113 Å².